The highest BCUT2D eigenvalue weighted by molar-refractivity contribution is 5.93. The maximum atomic E-state index is 11.9. The molecule has 130 valence electrons. The lowest BCUT2D eigenvalue weighted by molar-refractivity contribution is -0.126. The highest BCUT2D eigenvalue weighted by atomic mass is 16.5. The summed E-state index contributed by atoms with van der Waals surface area (Å²) in [7, 11) is 3.07. The summed E-state index contributed by atoms with van der Waals surface area (Å²) in [6.07, 6.45) is 3.12. The van der Waals surface area contributed by atoms with E-state index in [4.69, 9.17) is 9.47 Å². The van der Waals surface area contributed by atoms with Gasteiger partial charge in [-0.05, 0) is 29.3 Å². The number of carbonyl (C=O) groups excluding carboxylic acids is 2. The number of hydrogen-bond acceptors (Lipinski definition) is 4. The second kappa shape index (κ2) is 9.12. The molecule has 6 nitrogen and oxygen atoms in total. The lowest BCUT2D eigenvalue weighted by Gasteiger charge is -2.10. The molecule has 0 aliphatic rings. The average Bonchev–Trinajstić information content (AvgIpc) is 2.65. The Kier molecular flexibility index (Phi) is 6.59. The molecule has 0 aliphatic carbocycles. The first kappa shape index (κ1) is 18.1. The third-order valence-electron chi connectivity index (χ3n) is 3.36. The van der Waals surface area contributed by atoms with E-state index in [0.29, 0.717) is 11.5 Å². The van der Waals surface area contributed by atoms with E-state index in [9.17, 15) is 9.59 Å². The van der Waals surface area contributed by atoms with E-state index < -0.39 is 5.91 Å². The number of nitrogens with one attached hydrogen (secondary N) is 2. The van der Waals surface area contributed by atoms with Crippen molar-refractivity contribution in [2.45, 2.75) is 6.42 Å². The number of benzene rings is 2. The fraction of sp³-hybridized carbons (Fsp3) is 0.158. The number of rotatable bonds is 6. The first-order valence-corrected chi connectivity index (χ1v) is 7.65. The summed E-state index contributed by atoms with van der Waals surface area (Å²) in [5, 5.41) is 0. The van der Waals surface area contributed by atoms with Gasteiger partial charge < -0.3 is 9.47 Å². The van der Waals surface area contributed by atoms with Crippen molar-refractivity contribution in [3.63, 3.8) is 0 Å². The van der Waals surface area contributed by atoms with Crippen LogP contribution in [0.25, 0.3) is 6.08 Å². The van der Waals surface area contributed by atoms with Gasteiger partial charge in [0, 0.05) is 6.08 Å². The fourth-order valence-corrected chi connectivity index (χ4v) is 2.13. The largest absolute Gasteiger partial charge is 0.493 e. The Morgan fingerprint density at radius 1 is 0.960 bits per heavy atom. The summed E-state index contributed by atoms with van der Waals surface area (Å²) in [5.74, 6) is 0.381. The van der Waals surface area contributed by atoms with Gasteiger partial charge in [-0.15, -0.1) is 0 Å². The molecule has 0 saturated heterocycles. The summed E-state index contributed by atoms with van der Waals surface area (Å²) in [6.45, 7) is 0. The van der Waals surface area contributed by atoms with Crippen LogP contribution in [0.15, 0.2) is 54.6 Å². The fourth-order valence-electron chi connectivity index (χ4n) is 2.13. The Hall–Kier alpha value is -3.28. The van der Waals surface area contributed by atoms with Crippen molar-refractivity contribution in [1.29, 1.82) is 0 Å². The van der Waals surface area contributed by atoms with E-state index in [1.807, 2.05) is 30.3 Å². The smallest absolute Gasteiger partial charge is 0.262 e. The molecule has 0 heterocycles. The molecule has 0 aromatic heterocycles. The SMILES string of the molecule is COc1ccc(CC(=O)NNC(=O)/C=C\c2ccccc2)cc1OC. The van der Waals surface area contributed by atoms with Crippen molar-refractivity contribution >= 4 is 17.9 Å². The molecule has 0 bridgehead atoms. The van der Waals surface area contributed by atoms with Crippen LogP contribution < -0.4 is 20.3 Å². The normalized spacial score (nSPS) is 10.3. The number of carbonyl (C=O) groups is 2. The summed E-state index contributed by atoms with van der Waals surface area (Å²) in [6, 6.07) is 14.6. The van der Waals surface area contributed by atoms with Crippen LogP contribution in [0.2, 0.25) is 0 Å². The third kappa shape index (κ3) is 5.69. The van der Waals surface area contributed by atoms with Crippen molar-refractivity contribution in [2.75, 3.05) is 14.2 Å². The predicted octanol–water partition coefficient (Wildman–Crippen LogP) is 2.11. The third-order valence-corrected chi connectivity index (χ3v) is 3.36. The van der Waals surface area contributed by atoms with Crippen molar-refractivity contribution < 1.29 is 19.1 Å². The first-order valence-electron chi connectivity index (χ1n) is 7.65. The minimum atomic E-state index is -0.412. The average molecular weight is 340 g/mol. The second-order valence-corrected chi connectivity index (χ2v) is 5.15. The van der Waals surface area contributed by atoms with Gasteiger partial charge in [0.1, 0.15) is 0 Å². The standard InChI is InChI=1S/C19H20N2O4/c1-24-16-10-8-15(12-17(16)25-2)13-19(23)21-20-18(22)11-9-14-6-4-3-5-7-14/h3-12H,13H2,1-2H3,(H,20,22)(H,21,23)/b11-9-. The lowest BCUT2D eigenvalue weighted by Crippen LogP contribution is -2.41. The van der Waals surface area contributed by atoms with Crippen LogP contribution in [0.1, 0.15) is 11.1 Å². The van der Waals surface area contributed by atoms with Gasteiger partial charge in [0.25, 0.3) is 5.91 Å². The van der Waals surface area contributed by atoms with Crippen molar-refractivity contribution in [1.82, 2.24) is 10.9 Å². The van der Waals surface area contributed by atoms with E-state index >= 15 is 0 Å². The summed E-state index contributed by atoms with van der Waals surface area (Å²) in [4.78, 5) is 23.6. The predicted molar refractivity (Wildman–Crippen MR) is 95.0 cm³/mol. The van der Waals surface area contributed by atoms with Crippen LogP contribution in [0.3, 0.4) is 0 Å². The lowest BCUT2D eigenvalue weighted by atomic mass is 10.1. The molecule has 2 rings (SSSR count). The quantitative estimate of drug-likeness (QED) is 0.624. The molecule has 0 radical (unpaired) electrons. The van der Waals surface area contributed by atoms with Crippen LogP contribution in [0, 0.1) is 0 Å². The van der Waals surface area contributed by atoms with Crippen molar-refractivity contribution in [3.8, 4) is 11.5 Å². The van der Waals surface area contributed by atoms with E-state index in [1.54, 1.807) is 31.4 Å². The molecule has 0 fully saturated rings. The Morgan fingerprint density at radius 3 is 2.36 bits per heavy atom. The number of amides is 2. The van der Waals surface area contributed by atoms with E-state index in [2.05, 4.69) is 10.9 Å². The zero-order valence-corrected chi connectivity index (χ0v) is 14.1. The molecule has 0 aliphatic heterocycles. The molecule has 2 amide bonds. The van der Waals surface area contributed by atoms with Gasteiger partial charge >= 0.3 is 0 Å². The number of ether oxygens (including phenoxy) is 2. The monoisotopic (exact) mass is 340 g/mol. The summed E-state index contributed by atoms with van der Waals surface area (Å²) >= 11 is 0. The molecule has 2 N–H and O–H groups in total. The van der Waals surface area contributed by atoms with Crippen LogP contribution in [-0.4, -0.2) is 26.0 Å². The zero-order chi connectivity index (χ0) is 18.1. The highest BCUT2D eigenvalue weighted by Crippen LogP contribution is 2.27. The molecule has 0 saturated carbocycles. The Labute approximate surface area is 146 Å². The van der Waals surface area contributed by atoms with Gasteiger partial charge in [-0.1, -0.05) is 36.4 Å². The molecule has 6 heteroatoms. The Balaban J connectivity index is 1.84. The van der Waals surface area contributed by atoms with Gasteiger partial charge in [0.15, 0.2) is 11.5 Å². The molecule has 0 unspecified atom stereocenters. The van der Waals surface area contributed by atoms with Crippen LogP contribution in [-0.2, 0) is 16.0 Å². The minimum Gasteiger partial charge on any atom is -0.493 e. The van der Waals surface area contributed by atoms with E-state index in [-0.39, 0.29) is 12.3 Å². The maximum absolute atomic E-state index is 11.9. The van der Waals surface area contributed by atoms with Gasteiger partial charge in [0.05, 0.1) is 20.6 Å². The Morgan fingerprint density at radius 2 is 1.68 bits per heavy atom. The van der Waals surface area contributed by atoms with Crippen LogP contribution in [0.4, 0.5) is 0 Å². The second-order valence-electron chi connectivity index (χ2n) is 5.15. The molecule has 2 aromatic rings. The number of methoxy groups -OCH3 is 2. The molecular weight excluding hydrogens is 320 g/mol. The zero-order valence-electron chi connectivity index (χ0n) is 14.1. The summed E-state index contributed by atoms with van der Waals surface area (Å²) in [5.41, 5.74) is 6.35. The number of hydrogen-bond donors (Lipinski definition) is 2. The first-order chi connectivity index (χ1) is 12.1. The van der Waals surface area contributed by atoms with Gasteiger partial charge in [-0.25, -0.2) is 0 Å². The summed E-state index contributed by atoms with van der Waals surface area (Å²) < 4.78 is 10.3. The highest BCUT2D eigenvalue weighted by Gasteiger charge is 2.08. The topological polar surface area (TPSA) is 76.7 Å². The number of hydrazine groups is 1. The Bertz CT molecular complexity index is 757. The maximum Gasteiger partial charge on any atom is 0.262 e. The van der Waals surface area contributed by atoms with Crippen LogP contribution >= 0.6 is 0 Å². The van der Waals surface area contributed by atoms with E-state index in [1.165, 1.54) is 13.2 Å². The molecule has 0 atom stereocenters. The van der Waals surface area contributed by atoms with Gasteiger partial charge in [-0.3, -0.25) is 20.4 Å². The molecule has 0 spiro atoms. The van der Waals surface area contributed by atoms with Gasteiger partial charge in [-0.2, -0.15) is 0 Å². The van der Waals surface area contributed by atoms with Crippen molar-refractivity contribution in [2.24, 2.45) is 0 Å². The minimum absolute atomic E-state index is 0.100. The van der Waals surface area contributed by atoms with E-state index in [0.717, 1.165) is 11.1 Å². The molecule has 2 aromatic carbocycles. The van der Waals surface area contributed by atoms with Crippen molar-refractivity contribution in [3.05, 3.63) is 65.7 Å². The van der Waals surface area contributed by atoms with Gasteiger partial charge in [0.2, 0.25) is 5.91 Å². The molecule has 25 heavy (non-hydrogen) atoms. The van der Waals surface area contributed by atoms with Crippen LogP contribution in [0.5, 0.6) is 11.5 Å². The molecular formula is C19H20N2O4.